The number of nitrogens with zero attached hydrogens (tertiary/aromatic N) is 3. The van der Waals surface area contributed by atoms with Crippen LogP contribution in [0, 0.1) is 6.92 Å². The Morgan fingerprint density at radius 2 is 2.17 bits per heavy atom. The van der Waals surface area contributed by atoms with Crippen LogP contribution in [-0.4, -0.2) is 59.1 Å². The Hall–Kier alpha value is -2.05. The van der Waals surface area contributed by atoms with Gasteiger partial charge >= 0.3 is 6.03 Å². The molecular formula is C16H24N4O3. The highest BCUT2D eigenvalue weighted by Crippen LogP contribution is 2.26. The summed E-state index contributed by atoms with van der Waals surface area (Å²) in [5.41, 5.74) is 1.23. The molecule has 7 nitrogen and oxygen atoms in total. The summed E-state index contributed by atoms with van der Waals surface area (Å²) in [5.74, 6) is 0.727. The van der Waals surface area contributed by atoms with Crippen molar-refractivity contribution < 1.29 is 14.1 Å². The predicted octanol–water partition coefficient (Wildman–Crippen LogP) is 1.74. The number of likely N-dealkylation sites (tertiary alicyclic amines) is 1. The fourth-order valence-corrected chi connectivity index (χ4v) is 3.43. The Labute approximate surface area is 136 Å². The lowest BCUT2D eigenvalue weighted by atomic mass is 10.0. The van der Waals surface area contributed by atoms with Gasteiger partial charge < -0.3 is 19.6 Å². The van der Waals surface area contributed by atoms with E-state index in [0.717, 1.165) is 19.4 Å². The Morgan fingerprint density at radius 3 is 2.83 bits per heavy atom. The van der Waals surface area contributed by atoms with Crippen LogP contribution in [0.5, 0.6) is 0 Å². The molecule has 23 heavy (non-hydrogen) atoms. The van der Waals surface area contributed by atoms with Crippen LogP contribution in [0.2, 0.25) is 0 Å². The summed E-state index contributed by atoms with van der Waals surface area (Å²) in [6.07, 6.45) is 1.85. The zero-order valence-electron chi connectivity index (χ0n) is 14.0. The molecule has 2 saturated heterocycles. The monoisotopic (exact) mass is 320 g/mol. The van der Waals surface area contributed by atoms with Gasteiger partial charge in [0.15, 0.2) is 5.76 Å². The first-order valence-electron chi connectivity index (χ1n) is 8.29. The number of hydrogen-bond acceptors (Lipinski definition) is 4. The third kappa shape index (κ3) is 2.92. The van der Waals surface area contributed by atoms with E-state index in [1.807, 2.05) is 23.6 Å². The van der Waals surface area contributed by atoms with Gasteiger partial charge in [-0.05, 0) is 19.8 Å². The van der Waals surface area contributed by atoms with Gasteiger partial charge in [-0.2, -0.15) is 0 Å². The van der Waals surface area contributed by atoms with Crippen LogP contribution in [-0.2, 0) is 0 Å². The molecule has 0 saturated carbocycles. The summed E-state index contributed by atoms with van der Waals surface area (Å²) in [7, 11) is 0. The van der Waals surface area contributed by atoms with Gasteiger partial charge in [0.25, 0.3) is 5.91 Å². The second kappa shape index (κ2) is 6.22. The van der Waals surface area contributed by atoms with Crippen molar-refractivity contribution in [3.63, 3.8) is 0 Å². The maximum atomic E-state index is 13.0. The molecule has 2 aliphatic rings. The molecule has 2 fully saturated rings. The zero-order chi connectivity index (χ0) is 16.6. The number of hydrogen-bond donors (Lipinski definition) is 1. The number of aromatic nitrogens is 1. The highest BCUT2D eigenvalue weighted by Gasteiger charge is 2.35. The molecule has 0 aliphatic carbocycles. The van der Waals surface area contributed by atoms with Gasteiger partial charge in [0, 0.05) is 32.1 Å². The maximum absolute atomic E-state index is 13.0. The normalized spacial score (nSPS) is 21.9. The van der Waals surface area contributed by atoms with E-state index in [1.54, 1.807) is 6.92 Å². The molecule has 0 bridgehead atoms. The van der Waals surface area contributed by atoms with Crippen LogP contribution in [0.4, 0.5) is 4.79 Å². The number of urea groups is 1. The van der Waals surface area contributed by atoms with Crippen molar-refractivity contribution in [3.05, 3.63) is 17.0 Å². The Kier molecular flexibility index (Phi) is 4.28. The Morgan fingerprint density at radius 1 is 1.39 bits per heavy atom. The van der Waals surface area contributed by atoms with E-state index >= 15 is 0 Å². The number of aryl methyl sites for hydroxylation is 1. The molecule has 7 heteroatoms. The van der Waals surface area contributed by atoms with E-state index in [0.29, 0.717) is 36.7 Å². The molecule has 3 rings (SSSR count). The lowest BCUT2D eigenvalue weighted by Crippen LogP contribution is -2.50. The van der Waals surface area contributed by atoms with Crippen molar-refractivity contribution in [1.82, 2.24) is 20.3 Å². The average Bonchev–Trinajstić information content (AvgIpc) is 3.12. The SMILES string of the molecule is Cc1noc(C(C)C)c1C(=O)N1CCCC(N2CCNC2=O)C1. The van der Waals surface area contributed by atoms with Crippen molar-refractivity contribution in [1.29, 1.82) is 0 Å². The number of rotatable bonds is 3. The molecule has 2 aliphatic heterocycles. The van der Waals surface area contributed by atoms with Crippen molar-refractivity contribution in [2.45, 2.75) is 45.6 Å². The van der Waals surface area contributed by atoms with Gasteiger partial charge in [0.1, 0.15) is 5.56 Å². The minimum atomic E-state index is -0.0308. The smallest absolute Gasteiger partial charge is 0.317 e. The Bertz CT molecular complexity index is 610. The molecule has 1 atom stereocenters. The van der Waals surface area contributed by atoms with E-state index in [2.05, 4.69) is 10.5 Å². The van der Waals surface area contributed by atoms with Crippen molar-refractivity contribution in [2.75, 3.05) is 26.2 Å². The standard InChI is InChI=1S/C16H24N4O3/c1-10(2)14-13(11(3)18-23-14)15(21)19-7-4-5-12(9-19)20-8-6-17-16(20)22/h10,12H,4-9H2,1-3H3,(H,17,22). The largest absolute Gasteiger partial charge is 0.360 e. The van der Waals surface area contributed by atoms with Crippen LogP contribution >= 0.6 is 0 Å². The first-order valence-corrected chi connectivity index (χ1v) is 8.29. The van der Waals surface area contributed by atoms with E-state index in [4.69, 9.17) is 4.52 Å². The van der Waals surface area contributed by atoms with Crippen LogP contribution in [0.1, 0.15) is 54.4 Å². The second-order valence-corrected chi connectivity index (χ2v) is 6.63. The zero-order valence-corrected chi connectivity index (χ0v) is 14.0. The molecular weight excluding hydrogens is 296 g/mol. The third-order valence-corrected chi connectivity index (χ3v) is 4.64. The number of nitrogens with one attached hydrogen (secondary N) is 1. The highest BCUT2D eigenvalue weighted by molar-refractivity contribution is 5.96. The molecule has 0 spiro atoms. The number of carbonyl (C=O) groups excluding carboxylic acids is 2. The fraction of sp³-hybridized carbons (Fsp3) is 0.688. The third-order valence-electron chi connectivity index (χ3n) is 4.64. The summed E-state index contributed by atoms with van der Waals surface area (Å²) >= 11 is 0. The maximum Gasteiger partial charge on any atom is 0.317 e. The van der Waals surface area contributed by atoms with Gasteiger partial charge in [-0.25, -0.2) is 4.79 Å². The lowest BCUT2D eigenvalue weighted by Gasteiger charge is -2.37. The quantitative estimate of drug-likeness (QED) is 0.920. The number of piperidine rings is 1. The van der Waals surface area contributed by atoms with Crippen molar-refractivity contribution in [2.24, 2.45) is 0 Å². The molecule has 0 aromatic carbocycles. The van der Waals surface area contributed by atoms with E-state index in [-0.39, 0.29) is 23.9 Å². The van der Waals surface area contributed by atoms with Gasteiger partial charge in [-0.1, -0.05) is 19.0 Å². The highest BCUT2D eigenvalue weighted by atomic mass is 16.5. The molecule has 0 radical (unpaired) electrons. The van der Waals surface area contributed by atoms with E-state index in [9.17, 15) is 9.59 Å². The van der Waals surface area contributed by atoms with Gasteiger partial charge in [0.05, 0.1) is 11.7 Å². The second-order valence-electron chi connectivity index (χ2n) is 6.63. The summed E-state index contributed by atoms with van der Waals surface area (Å²) < 4.78 is 5.34. The summed E-state index contributed by atoms with van der Waals surface area (Å²) in [4.78, 5) is 28.5. The van der Waals surface area contributed by atoms with Gasteiger partial charge in [0.2, 0.25) is 0 Å². The van der Waals surface area contributed by atoms with Gasteiger partial charge in [-0.15, -0.1) is 0 Å². The van der Waals surface area contributed by atoms with Crippen LogP contribution < -0.4 is 5.32 Å². The minimum Gasteiger partial charge on any atom is -0.360 e. The molecule has 3 heterocycles. The van der Waals surface area contributed by atoms with Crippen LogP contribution in [0.15, 0.2) is 4.52 Å². The molecule has 1 aromatic rings. The number of carbonyl (C=O) groups is 2. The first-order chi connectivity index (χ1) is 11.0. The molecule has 1 N–H and O–H groups in total. The molecule has 126 valence electrons. The van der Waals surface area contributed by atoms with Crippen molar-refractivity contribution >= 4 is 11.9 Å². The molecule has 1 aromatic heterocycles. The van der Waals surface area contributed by atoms with Crippen molar-refractivity contribution in [3.8, 4) is 0 Å². The summed E-state index contributed by atoms with van der Waals surface area (Å²) in [6.45, 7) is 8.48. The average molecular weight is 320 g/mol. The number of amides is 3. The fourth-order valence-electron chi connectivity index (χ4n) is 3.43. The van der Waals surface area contributed by atoms with E-state index in [1.165, 1.54) is 0 Å². The lowest BCUT2D eigenvalue weighted by molar-refractivity contribution is 0.0631. The Balaban J connectivity index is 1.77. The van der Waals surface area contributed by atoms with E-state index < -0.39 is 0 Å². The van der Waals surface area contributed by atoms with Gasteiger partial charge in [-0.3, -0.25) is 4.79 Å². The summed E-state index contributed by atoms with van der Waals surface area (Å²) in [6, 6.07) is 0.0752. The predicted molar refractivity (Wildman–Crippen MR) is 84.4 cm³/mol. The molecule has 3 amide bonds. The topological polar surface area (TPSA) is 78.7 Å². The first kappa shape index (κ1) is 15.8. The summed E-state index contributed by atoms with van der Waals surface area (Å²) in [5, 5.41) is 6.80. The minimum absolute atomic E-state index is 0.0201. The van der Waals surface area contributed by atoms with Crippen LogP contribution in [0.3, 0.4) is 0 Å². The molecule has 1 unspecified atom stereocenters. The van der Waals surface area contributed by atoms with Crippen LogP contribution in [0.25, 0.3) is 0 Å².